The molecule has 0 bridgehead atoms. The van der Waals surface area contributed by atoms with E-state index >= 15 is 0 Å². The lowest BCUT2D eigenvalue weighted by Gasteiger charge is -2.24. The van der Waals surface area contributed by atoms with Gasteiger partial charge in [0.2, 0.25) is 0 Å². The van der Waals surface area contributed by atoms with E-state index in [1.807, 2.05) is 73.7 Å². The number of hydrogen-bond donors (Lipinski definition) is 1. The van der Waals surface area contributed by atoms with Crippen LogP contribution in [0.1, 0.15) is 16.7 Å². The number of esters is 1. The Labute approximate surface area is 212 Å². The molecule has 36 heavy (non-hydrogen) atoms. The summed E-state index contributed by atoms with van der Waals surface area (Å²) in [7, 11) is 2.99. The lowest BCUT2D eigenvalue weighted by molar-refractivity contribution is -0.133. The predicted octanol–water partition coefficient (Wildman–Crippen LogP) is 4.39. The van der Waals surface area contributed by atoms with Gasteiger partial charge in [-0.3, -0.25) is 0 Å². The lowest BCUT2D eigenvalue weighted by atomic mass is 10.0. The summed E-state index contributed by atoms with van der Waals surface area (Å²) in [5, 5.41) is 12.2. The Balaban J connectivity index is 1.59. The van der Waals surface area contributed by atoms with E-state index in [1.54, 1.807) is 30.4 Å². The number of aliphatic hydroxyl groups excluding tert-OH is 1. The molecule has 0 saturated carbocycles. The Bertz CT molecular complexity index is 1100. The molecule has 0 aliphatic heterocycles. The highest BCUT2D eigenvalue weighted by Gasteiger charge is 2.15. The van der Waals surface area contributed by atoms with Crippen LogP contribution in [0.5, 0.6) is 11.5 Å². The number of nitrogens with zero attached hydrogens (tertiary/aromatic N) is 1. The van der Waals surface area contributed by atoms with E-state index in [0.29, 0.717) is 30.2 Å². The summed E-state index contributed by atoms with van der Waals surface area (Å²) in [6.45, 7) is 3.29. The summed E-state index contributed by atoms with van der Waals surface area (Å²) in [5.74, 6) is 0.883. The maximum Gasteiger partial charge on any atom is 0.338 e. The Morgan fingerprint density at radius 1 is 0.944 bits per heavy atom. The first-order valence-corrected chi connectivity index (χ1v) is 11.7. The van der Waals surface area contributed by atoms with Crippen molar-refractivity contribution in [3.63, 3.8) is 0 Å². The first kappa shape index (κ1) is 26.9. The number of hydrogen-bond acceptors (Lipinski definition) is 7. The minimum absolute atomic E-state index is 0.0909. The molecule has 0 fully saturated rings. The van der Waals surface area contributed by atoms with E-state index in [-0.39, 0.29) is 13.2 Å². The number of aryl methyl sites for hydroxylation is 1. The molecule has 1 unspecified atom stereocenters. The van der Waals surface area contributed by atoms with Gasteiger partial charge in [-0.25, -0.2) is 4.79 Å². The van der Waals surface area contributed by atoms with Crippen molar-refractivity contribution in [2.75, 3.05) is 40.5 Å². The Kier molecular flexibility index (Phi) is 10.5. The largest absolute Gasteiger partial charge is 0.491 e. The minimum Gasteiger partial charge on any atom is -0.491 e. The van der Waals surface area contributed by atoms with Crippen LogP contribution in [0.2, 0.25) is 0 Å². The highest BCUT2D eigenvalue weighted by atomic mass is 16.7. The zero-order valence-corrected chi connectivity index (χ0v) is 20.9. The highest BCUT2D eigenvalue weighted by Crippen LogP contribution is 2.22. The van der Waals surface area contributed by atoms with Crippen LogP contribution in [-0.2, 0) is 14.3 Å². The topological polar surface area (TPSA) is 77.5 Å². The van der Waals surface area contributed by atoms with Gasteiger partial charge in [0.25, 0.3) is 0 Å². The van der Waals surface area contributed by atoms with Crippen LogP contribution in [0.4, 0.5) is 0 Å². The van der Waals surface area contributed by atoms with Gasteiger partial charge in [-0.05, 0) is 48.4 Å². The molecule has 1 N–H and O–H groups in total. The molecular formula is C29H33NO6. The summed E-state index contributed by atoms with van der Waals surface area (Å²) >= 11 is 0. The molecular weight excluding hydrogens is 458 g/mol. The van der Waals surface area contributed by atoms with Gasteiger partial charge in [0, 0.05) is 7.11 Å². The van der Waals surface area contributed by atoms with E-state index in [4.69, 9.17) is 19.0 Å². The maximum atomic E-state index is 12.4. The van der Waals surface area contributed by atoms with Crippen molar-refractivity contribution in [1.82, 2.24) is 5.06 Å². The predicted molar refractivity (Wildman–Crippen MR) is 140 cm³/mol. The van der Waals surface area contributed by atoms with Crippen molar-refractivity contribution in [2.45, 2.75) is 13.0 Å². The molecule has 0 aliphatic carbocycles. The van der Waals surface area contributed by atoms with Crippen LogP contribution < -0.4 is 9.57 Å². The Hall–Kier alpha value is -3.65. The van der Waals surface area contributed by atoms with E-state index in [0.717, 1.165) is 16.7 Å². The zero-order valence-electron chi connectivity index (χ0n) is 20.9. The van der Waals surface area contributed by atoms with Gasteiger partial charge in [0.05, 0.1) is 32.4 Å². The number of para-hydroxylation sites is 1. The summed E-state index contributed by atoms with van der Waals surface area (Å²) in [6, 6.07) is 24.4. The third-order valence-corrected chi connectivity index (χ3v) is 5.34. The number of aliphatic hydroxyl groups is 1. The standard InChI is InChI=1S/C29H33NO6/c1-22-9-13-24(14-10-22)28(29(32)34-3)19-23-11-15-26(16-12-23)35-21-25(31)20-30(17-18-33-2)36-27-7-5-4-6-8-27/h4-16,19,25,31H,17-18,20-21H2,1-3H3/b28-19+. The fraction of sp³-hybridized carbons (Fsp3) is 0.276. The van der Waals surface area contributed by atoms with E-state index in [9.17, 15) is 9.90 Å². The second-order valence-corrected chi connectivity index (χ2v) is 8.23. The molecule has 3 aromatic rings. The molecule has 0 amide bonds. The fourth-order valence-electron chi connectivity index (χ4n) is 3.41. The van der Waals surface area contributed by atoms with Crippen LogP contribution in [0, 0.1) is 6.92 Å². The average Bonchev–Trinajstić information content (AvgIpc) is 2.90. The van der Waals surface area contributed by atoms with Gasteiger partial charge in [-0.2, -0.15) is 0 Å². The second kappa shape index (κ2) is 14.0. The van der Waals surface area contributed by atoms with Gasteiger partial charge in [-0.1, -0.05) is 60.2 Å². The van der Waals surface area contributed by atoms with Crippen LogP contribution >= 0.6 is 0 Å². The molecule has 0 aromatic heterocycles. The monoisotopic (exact) mass is 491 g/mol. The van der Waals surface area contributed by atoms with Crippen LogP contribution in [0.3, 0.4) is 0 Å². The summed E-state index contributed by atoms with van der Waals surface area (Å²) in [6.07, 6.45) is 1.00. The van der Waals surface area contributed by atoms with Crippen molar-refractivity contribution >= 4 is 17.6 Å². The van der Waals surface area contributed by atoms with Crippen molar-refractivity contribution in [1.29, 1.82) is 0 Å². The SMILES string of the molecule is COCCN(CC(O)COc1ccc(/C=C(/C(=O)OC)c2ccc(C)cc2)cc1)Oc1ccccc1. The van der Waals surface area contributed by atoms with Gasteiger partial charge in [0.15, 0.2) is 0 Å². The molecule has 0 aliphatic rings. The van der Waals surface area contributed by atoms with Gasteiger partial charge in [0.1, 0.15) is 24.2 Å². The van der Waals surface area contributed by atoms with Crippen LogP contribution in [-0.4, -0.2) is 62.8 Å². The van der Waals surface area contributed by atoms with Crippen molar-refractivity contribution < 1.29 is 28.9 Å². The normalized spacial score (nSPS) is 12.3. The number of ether oxygens (including phenoxy) is 3. The van der Waals surface area contributed by atoms with E-state index in [2.05, 4.69) is 0 Å². The molecule has 190 valence electrons. The molecule has 0 radical (unpaired) electrons. The minimum atomic E-state index is -0.780. The van der Waals surface area contributed by atoms with E-state index < -0.39 is 12.1 Å². The van der Waals surface area contributed by atoms with Crippen LogP contribution in [0.25, 0.3) is 11.6 Å². The number of carbonyl (C=O) groups excluding carboxylic acids is 1. The quantitative estimate of drug-likeness (QED) is 0.164. The highest BCUT2D eigenvalue weighted by molar-refractivity contribution is 6.21. The molecule has 1 atom stereocenters. The molecule has 3 aromatic carbocycles. The van der Waals surface area contributed by atoms with Crippen molar-refractivity contribution in [3.05, 3.63) is 95.6 Å². The van der Waals surface area contributed by atoms with E-state index in [1.165, 1.54) is 7.11 Å². The molecule has 0 spiro atoms. The Morgan fingerprint density at radius 3 is 2.28 bits per heavy atom. The Morgan fingerprint density at radius 2 is 1.64 bits per heavy atom. The second-order valence-electron chi connectivity index (χ2n) is 8.23. The molecule has 3 rings (SSSR count). The zero-order chi connectivity index (χ0) is 25.8. The lowest BCUT2D eigenvalue weighted by Crippen LogP contribution is -2.39. The smallest absolute Gasteiger partial charge is 0.338 e. The number of carbonyl (C=O) groups is 1. The molecule has 0 saturated heterocycles. The number of rotatable bonds is 13. The summed E-state index contributed by atoms with van der Waals surface area (Å²) in [5.41, 5.74) is 3.19. The van der Waals surface area contributed by atoms with Gasteiger partial charge in [-0.15, -0.1) is 5.06 Å². The molecule has 7 heteroatoms. The van der Waals surface area contributed by atoms with Gasteiger partial charge >= 0.3 is 5.97 Å². The third-order valence-electron chi connectivity index (χ3n) is 5.34. The molecule has 7 nitrogen and oxygen atoms in total. The van der Waals surface area contributed by atoms with Crippen molar-refractivity contribution in [2.24, 2.45) is 0 Å². The number of benzene rings is 3. The number of methoxy groups -OCH3 is 2. The fourth-order valence-corrected chi connectivity index (χ4v) is 3.41. The maximum absolute atomic E-state index is 12.4. The van der Waals surface area contributed by atoms with Gasteiger partial charge < -0.3 is 24.2 Å². The summed E-state index contributed by atoms with van der Waals surface area (Å²) < 4.78 is 15.9. The number of hydroxylamine groups is 2. The first-order valence-electron chi connectivity index (χ1n) is 11.7. The van der Waals surface area contributed by atoms with Crippen LogP contribution in [0.15, 0.2) is 78.9 Å². The van der Waals surface area contributed by atoms with Crippen molar-refractivity contribution in [3.8, 4) is 11.5 Å². The third kappa shape index (κ3) is 8.53. The summed E-state index contributed by atoms with van der Waals surface area (Å²) in [4.78, 5) is 18.2. The molecule has 0 heterocycles. The average molecular weight is 492 g/mol. The first-order chi connectivity index (χ1) is 17.5.